The van der Waals surface area contributed by atoms with Gasteiger partial charge in [0, 0.05) is 42.1 Å². The zero-order valence-electron chi connectivity index (χ0n) is 17.6. The zero-order valence-corrected chi connectivity index (χ0v) is 17.6. The molecule has 0 bridgehead atoms. The monoisotopic (exact) mass is 411 g/mol. The number of anilines is 1. The summed E-state index contributed by atoms with van der Waals surface area (Å²) >= 11 is 0. The molecule has 0 aliphatic carbocycles. The predicted molar refractivity (Wildman–Crippen MR) is 117 cm³/mol. The summed E-state index contributed by atoms with van der Waals surface area (Å²) in [6, 6.07) is 13.7. The van der Waals surface area contributed by atoms with Crippen molar-refractivity contribution in [3.63, 3.8) is 0 Å². The number of carbonyl (C=O) groups is 1. The van der Waals surface area contributed by atoms with E-state index in [1.807, 2.05) is 24.3 Å². The van der Waals surface area contributed by atoms with Gasteiger partial charge in [0.25, 0.3) is 11.6 Å². The molecule has 160 valence electrons. The first-order chi connectivity index (χ1) is 14.5. The Labute approximate surface area is 177 Å². The van der Waals surface area contributed by atoms with Crippen molar-refractivity contribution in [3.8, 4) is 0 Å². The van der Waals surface area contributed by atoms with Crippen LogP contribution in [0.3, 0.4) is 0 Å². The van der Waals surface area contributed by atoms with Crippen molar-refractivity contribution < 1.29 is 14.5 Å². The van der Waals surface area contributed by atoms with Crippen LogP contribution in [0.15, 0.2) is 48.5 Å². The molecule has 7 nitrogen and oxygen atoms in total. The largest absolute Gasteiger partial charge is 0.373 e. The fourth-order valence-electron chi connectivity index (χ4n) is 3.74. The molecule has 0 N–H and O–H groups in total. The van der Waals surface area contributed by atoms with E-state index < -0.39 is 4.92 Å². The minimum atomic E-state index is -0.462. The van der Waals surface area contributed by atoms with Gasteiger partial charge in [-0.05, 0) is 64.5 Å². The van der Waals surface area contributed by atoms with Crippen LogP contribution in [0.4, 0.5) is 11.4 Å². The summed E-state index contributed by atoms with van der Waals surface area (Å²) < 4.78 is 6.22. The third kappa shape index (κ3) is 5.43. The van der Waals surface area contributed by atoms with Gasteiger partial charge in [-0.2, -0.15) is 0 Å². The highest BCUT2D eigenvalue weighted by Gasteiger charge is 2.27. The van der Waals surface area contributed by atoms with Gasteiger partial charge in [-0.15, -0.1) is 0 Å². The van der Waals surface area contributed by atoms with Crippen LogP contribution in [0.1, 0.15) is 47.7 Å². The van der Waals surface area contributed by atoms with Crippen molar-refractivity contribution in [1.82, 2.24) is 4.90 Å². The second kappa shape index (κ2) is 10.3. The number of fused-ring (bicyclic) bond motifs is 1. The summed E-state index contributed by atoms with van der Waals surface area (Å²) in [5, 5.41) is 10.9. The number of non-ortho nitro benzene ring substituents is 1. The van der Waals surface area contributed by atoms with Crippen molar-refractivity contribution in [2.24, 2.45) is 0 Å². The van der Waals surface area contributed by atoms with Gasteiger partial charge in [0.2, 0.25) is 0 Å². The van der Waals surface area contributed by atoms with Gasteiger partial charge >= 0.3 is 0 Å². The molecule has 3 rings (SSSR count). The number of unbranched alkanes of at least 4 members (excludes halogenated alkanes) is 1. The Kier molecular flexibility index (Phi) is 7.54. The van der Waals surface area contributed by atoms with Crippen LogP contribution in [0.5, 0.6) is 0 Å². The minimum absolute atomic E-state index is 0.0226. The molecule has 1 unspecified atom stereocenters. The average Bonchev–Trinajstić information content (AvgIpc) is 2.92. The topological polar surface area (TPSA) is 75.9 Å². The summed E-state index contributed by atoms with van der Waals surface area (Å²) in [5.74, 6) is -0.149. The van der Waals surface area contributed by atoms with Crippen LogP contribution in [-0.2, 0) is 4.74 Å². The van der Waals surface area contributed by atoms with Gasteiger partial charge < -0.3 is 14.5 Å². The Bertz CT molecular complexity index is 867. The van der Waals surface area contributed by atoms with Crippen LogP contribution in [0, 0.1) is 10.1 Å². The van der Waals surface area contributed by atoms with Gasteiger partial charge in [-0.3, -0.25) is 14.9 Å². The van der Waals surface area contributed by atoms with Crippen LogP contribution < -0.4 is 4.90 Å². The molecule has 0 radical (unpaired) electrons. The number of hydrogen-bond donors (Lipinski definition) is 0. The number of carbonyl (C=O) groups excluding carboxylic acids is 1. The predicted octanol–water partition coefficient (Wildman–Crippen LogP) is 4.43. The Morgan fingerprint density at radius 3 is 2.60 bits per heavy atom. The molecular weight excluding hydrogens is 382 g/mol. The molecule has 1 amide bonds. The Morgan fingerprint density at radius 1 is 1.17 bits per heavy atom. The number of nitro benzene ring substituents is 1. The molecule has 1 aliphatic heterocycles. The molecule has 0 saturated heterocycles. The maximum Gasteiger partial charge on any atom is 0.269 e. The number of ether oxygens (including phenoxy) is 1. The molecule has 2 aromatic rings. The third-order valence-corrected chi connectivity index (χ3v) is 5.31. The van der Waals surface area contributed by atoms with Crippen molar-refractivity contribution in [3.05, 3.63) is 69.8 Å². The fourth-order valence-corrected chi connectivity index (χ4v) is 3.74. The molecule has 0 fully saturated rings. The van der Waals surface area contributed by atoms with Gasteiger partial charge in [0.05, 0.1) is 11.0 Å². The number of para-hydroxylation sites is 1. The number of amides is 1. The van der Waals surface area contributed by atoms with E-state index in [2.05, 4.69) is 19.0 Å². The first kappa shape index (κ1) is 21.9. The van der Waals surface area contributed by atoms with E-state index in [1.165, 1.54) is 24.3 Å². The molecule has 0 aromatic heterocycles. The van der Waals surface area contributed by atoms with Crippen molar-refractivity contribution in [2.45, 2.75) is 31.8 Å². The molecule has 1 aliphatic rings. The smallest absolute Gasteiger partial charge is 0.269 e. The molecule has 0 saturated carbocycles. The highest BCUT2D eigenvalue weighted by molar-refractivity contribution is 6.06. The van der Waals surface area contributed by atoms with Crippen molar-refractivity contribution in [2.75, 3.05) is 38.7 Å². The molecule has 30 heavy (non-hydrogen) atoms. The molecule has 2 aromatic carbocycles. The quantitative estimate of drug-likeness (QED) is 0.365. The highest BCUT2D eigenvalue weighted by atomic mass is 16.6. The van der Waals surface area contributed by atoms with Crippen molar-refractivity contribution in [1.29, 1.82) is 0 Å². The second-order valence-electron chi connectivity index (χ2n) is 7.83. The number of hydrogen-bond acceptors (Lipinski definition) is 5. The van der Waals surface area contributed by atoms with E-state index in [4.69, 9.17) is 4.74 Å². The number of nitro groups is 1. The van der Waals surface area contributed by atoms with Gasteiger partial charge in [-0.1, -0.05) is 18.2 Å². The van der Waals surface area contributed by atoms with Crippen LogP contribution in [-0.4, -0.2) is 49.5 Å². The van der Waals surface area contributed by atoms with E-state index in [1.54, 1.807) is 4.90 Å². The van der Waals surface area contributed by atoms with E-state index >= 15 is 0 Å². The average molecular weight is 412 g/mol. The lowest BCUT2D eigenvalue weighted by atomic mass is 10.0. The lowest BCUT2D eigenvalue weighted by molar-refractivity contribution is -0.384. The summed E-state index contributed by atoms with van der Waals surface area (Å²) in [6.07, 6.45) is 3.74. The first-order valence-electron chi connectivity index (χ1n) is 10.4. The van der Waals surface area contributed by atoms with Gasteiger partial charge in [-0.25, -0.2) is 0 Å². The van der Waals surface area contributed by atoms with Crippen LogP contribution in [0.2, 0.25) is 0 Å². The Balaban J connectivity index is 1.74. The highest BCUT2D eigenvalue weighted by Crippen LogP contribution is 2.36. The summed E-state index contributed by atoms with van der Waals surface area (Å²) in [6.45, 7) is 2.33. The van der Waals surface area contributed by atoms with E-state index in [-0.39, 0.29) is 17.7 Å². The maximum atomic E-state index is 13.2. The third-order valence-electron chi connectivity index (χ3n) is 5.31. The van der Waals surface area contributed by atoms with E-state index in [0.29, 0.717) is 18.7 Å². The number of benzene rings is 2. The van der Waals surface area contributed by atoms with E-state index in [9.17, 15) is 14.9 Å². The van der Waals surface area contributed by atoms with E-state index in [0.717, 1.165) is 43.5 Å². The molecule has 1 atom stereocenters. The summed E-state index contributed by atoms with van der Waals surface area (Å²) in [5.41, 5.74) is 2.30. The molecular formula is C23H29N3O4. The van der Waals surface area contributed by atoms with Crippen molar-refractivity contribution >= 4 is 17.3 Å². The summed E-state index contributed by atoms with van der Waals surface area (Å²) in [7, 11) is 4.14. The lowest BCUT2D eigenvalue weighted by Crippen LogP contribution is -2.31. The normalized spacial score (nSPS) is 16.2. The second-order valence-corrected chi connectivity index (χ2v) is 7.83. The fraction of sp³-hybridized carbons (Fsp3) is 0.435. The number of nitrogens with zero attached hydrogens (tertiary/aromatic N) is 3. The SMILES string of the molecule is CN(C)CCCCOC1CCCN(C(=O)c2ccc([N+](=O)[O-])cc2)c2ccccc21. The standard InChI is InChI=1S/C23H29N3O4/c1-24(2)15-5-6-17-30-22-10-7-16-25(21-9-4-3-8-20(21)22)23(27)18-11-13-19(14-12-18)26(28)29/h3-4,8-9,11-14,22H,5-7,10,15-17H2,1-2H3. The maximum absolute atomic E-state index is 13.2. The lowest BCUT2D eigenvalue weighted by Gasteiger charge is -2.24. The zero-order chi connectivity index (χ0) is 21.5. The van der Waals surface area contributed by atoms with Crippen LogP contribution >= 0.6 is 0 Å². The molecule has 0 spiro atoms. The molecule has 7 heteroatoms. The minimum Gasteiger partial charge on any atom is -0.373 e. The van der Waals surface area contributed by atoms with Gasteiger partial charge in [0.15, 0.2) is 0 Å². The van der Waals surface area contributed by atoms with Crippen LogP contribution in [0.25, 0.3) is 0 Å². The molecule has 1 heterocycles. The first-order valence-corrected chi connectivity index (χ1v) is 10.4. The Morgan fingerprint density at radius 2 is 1.90 bits per heavy atom. The Hall–Kier alpha value is -2.77. The summed E-state index contributed by atoms with van der Waals surface area (Å²) in [4.78, 5) is 27.5. The van der Waals surface area contributed by atoms with Gasteiger partial charge in [0.1, 0.15) is 0 Å². The number of rotatable bonds is 8.